The van der Waals surface area contributed by atoms with Crippen LogP contribution in [0.25, 0.3) is 6.08 Å². The first-order valence-electron chi connectivity index (χ1n) is 4.88. The van der Waals surface area contributed by atoms with Crippen molar-refractivity contribution in [3.8, 4) is 0 Å². The van der Waals surface area contributed by atoms with Crippen LogP contribution in [-0.4, -0.2) is 13.8 Å². The molecule has 0 radical (unpaired) electrons. The zero-order chi connectivity index (χ0) is 12.0. The Morgan fingerprint density at radius 3 is 3.12 bits per heavy atom. The fraction of sp³-hybridized carbons (Fsp3) is 0.200. The Morgan fingerprint density at radius 1 is 1.59 bits per heavy atom. The van der Waals surface area contributed by atoms with Gasteiger partial charge in [0.1, 0.15) is 16.5 Å². The summed E-state index contributed by atoms with van der Waals surface area (Å²) in [5, 5.41) is 4.60. The second kappa shape index (κ2) is 3.78. The quantitative estimate of drug-likeness (QED) is 0.824. The van der Waals surface area contributed by atoms with Crippen LogP contribution in [0, 0.1) is 6.92 Å². The minimum absolute atomic E-state index is 0.238. The molecule has 5 nitrogen and oxygen atoms in total. The van der Waals surface area contributed by atoms with Crippen LogP contribution >= 0.6 is 11.3 Å². The molecule has 1 aliphatic rings. The number of rotatable bonds is 2. The molecule has 0 bridgehead atoms. The predicted octanol–water partition coefficient (Wildman–Crippen LogP) is 1.35. The summed E-state index contributed by atoms with van der Waals surface area (Å²) < 4.78 is 17.9. The molecule has 0 saturated carbocycles. The molecule has 1 atom stereocenters. The van der Waals surface area contributed by atoms with E-state index in [-0.39, 0.29) is 5.09 Å². The summed E-state index contributed by atoms with van der Waals surface area (Å²) in [6.45, 7) is 2.26. The van der Waals surface area contributed by atoms with Crippen LogP contribution in [0.5, 0.6) is 0 Å². The normalized spacial score (nSPS) is 17.6. The van der Waals surface area contributed by atoms with Gasteiger partial charge in [-0.2, -0.15) is 0 Å². The van der Waals surface area contributed by atoms with Crippen LogP contribution in [0.1, 0.15) is 16.4 Å². The van der Waals surface area contributed by atoms with Gasteiger partial charge in [-0.3, -0.25) is 4.57 Å². The number of oxazole rings is 1. The minimum atomic E-state index is -1.33. The first-order valence-corrected chi connectivity index (χ1v) is 6.98. The SMILES string of the molecule is Cc1nc(Cn2c3c(oc2=O)S(=O)C=C3)cs1. The topological polar surface area (TPSA) is 65.1 Å². The third-order valence-corrected chi connectivity index (χ3v) is 4.28. The smallest absolute Gasteiger partial charge is 0.398 e. The Balaban J connectivity index is 2.05. The number of thiazole rings is 1. The molecule has 88 valence electrons. The van der Waals surface area contributed by atoms with E-state index in [2.05, 4.69) is 4.98 Å². The molecular formula is C10H8N2O3S2. The average Bonchev–Trinajstić information content (AvgIpc) is 2.91. The van der Waals surface area contributed by atoms with Gasteiger partial charge in [0, 0.05) is 10.8 Å². The Bertz CT molecular complexity index is 693. The van der Waals surface area contributed by atoms with Gasteiger partial charge in [-0.25, -0.2) is 14.0 Å². The molecule has 2 aromatic heterocycles. The zero-order valence-corrected chi connectivity index (χ0v) is 10.5. The monoisotopic (exact) mass is 268 g/mol. The summed E-state index contributed by atoms with van der Waals surface area (Å²) in [4.78, 5) is 15.9. The van der Waals surface area contributed by atoms with Gasteiger partial charge in [0.05, 0.1) is 17.2 Å². The van der Waals surface area contributed by atoms with Gasteiger partial charge in [-0.05, 0) is 13.0 Å². The van der Waals surface area contributed by atoms with Crippen molar-refractivity contribution < 1.29 is 8.63 Å². The number of hydrogen-bond donors (Lipinski definition) is 0. The van der Waals surface area contributed by atoms with Gasteiger partial charge >= 0.3 is 5.76 Å². The van der Waals surface area contributed by atoms with Crippen molar-refractivity contribution in [1.82, 2.24) is 9.55 Å². The van der Waals surface area contributed by atoms with E-state index in [4.69, 9.17) is 4.42 Å². The highest BCUT2D eigenvalue weighted by molar-refractivity contribution is 7.88. The summed E-state index contributed by atoms with van der Waals surface area (Å²) >= 11 is 1.53. The molecule has 3 heterocycles. The summed E-state index contributed by atoms with van der Waals surface area (Å²) in [7, 11) is -1.33. The second-order valence-electron chi connectivity index (χ2n) is 3.58. The second-order valence-corrected chi connectivity index (χ2v) is 5.88. The lowest BCUT2D eigenvalue weighted by molar-refractivity contribution is 0.416. The van der Waals surface area contributed by atoms with Crippen LogP contribution in [0.4, 0.5) is 0 Å². The molecule has 2 aromatic rings. The number of aromatic nitrogens is 2. The molecule has 17 heavy (non-hydrogen) atoms. The first kappa shape index (κ1) is 10.7. The maximum atomic E-state index is 11.6. The van der Waals surface area contributed by atoms with Crippen molar-refractivity contribution >= 4 is 28.2 Å². The highest BCUT2D eigenvalue weighted by atomic mass is 32.2. The van der Waals surface area contributed by atoms with Crippen molar-refractivity contribution in [1.29, 1.82) is 0 Å². The summed E-state index contributed by atoms with van der Waals surface area (Å²) in [5.74, 6) is -0.488. The highest BCUT2D eigenvalue weighted by Crippen LogP contribution is 2.23. The lowest BCUT2D eigenvalue weighted by Crippen LogP contribution is -2.16. The van der Waals surface area contributed by atoms with Crippen LogP contribution in [0.15, 0.2) is 25.1 Å². The molecule has 0 spiro atoms. The van der Waals surface area contributed by atoms with Crippen LogP contribution in [0.3, 0.4) is 0 Å². The van der Waals surface area contributed by atoms with E-state index in [0.29, 0.717) is 12.2 Å². The van der Waals surface area contributed by atoms with Gasteiger partial charge in [-0.1, -0.05) is 0 Å². The molecule has 0 aromatic carbocycles. The van der Waals surface area contributed by atoms with E-state index in [9.17, 15) is 9.00 Å². The molecule has 0 N–H and O–H groups in total. The van der Waals surface area contributed by atoms with Crippen LogP contribution < -0.4 is 5.76 Å². The standard InChI is InChI=1S/C10H8N2O3S2/c1-6-11-7(5-16-6)4-12-8-2-3-17(14)9(8)15-10(12)13/h2-3,5H,4H2,1H3. The Morgan fingerprint density at radius 2 is 2.41 bits per heavy atom. The molecule has 0 saturated heterocycles. The van der Waals surface area contributed by atoms with Gasteiger partial charge in [0.2, 0.25) is 5.09 Å². The van der Waals surface area contributed by atoms with E-state index in [1.165, 1.54) is 21.3 Å². The molecule has 0 amide bonds. The third kappa shape index (κ3) is 1.71. The Kier molecular flexibility index (Phi) is 2.37. The lowest BCUT2D eigenvalue weighted by atomic mass is 10.4. The summed E-state index contributed by atoms with van der Waals surface area (Å²) in [6, 6.07) is 0. The fourth-order valence-electron chi connectivity index (χ4n) is 1.68. The van der Waals surface area contributed by atoms with Gasteiger partial charge < -0.3 is 4.42 Å². The number of nitrogens with zero attached hydrogens (tertiary/aromatic N) is 2. The molecule has 7 heteroatoms. The van der Waals surface area contributed by atoms with Crippen molar-refractivity contribution in [2.75, 3.05) is 0 Å². The molecule has 0 aliphatic carbocycles. The minimum Gasteiger partial charge on any atom is -0.398 e. The van der Waals surface area contributed by atoms with E-state index in [1.807, 2.05) is 12.3 Å². The van der Waals surface area contributed by atoms with Crippen molar-refractivity contribution in [2.24, 2.45) is 0 Å². The zero-order valence-electron chi connectivity index (χ0n) is 8.87. The number of aryl methyl sites for hydroxylation is 1. The summed E-state index contributed by atoms with van der Waals surface area (Å²) in [6.07, 6.45) is 1.65. The van der Waals surface area contributed by atoms with Crippen molar-refractivity contribution in [3.63, 3.8) is 0 Å². The maximum absolute atomic E-state index is 11.6. The molecule has 1 unspecified atom stereocenters. The highest BCUT2D eigenvalue weighted by Gasteiger charge is 2.23. The average molecular weight is 268 g/mol. The van der Waals surface area contributed by atoms with E-state index in [0.717, 1.165) is 10.7 Å². The lowest BCUT2D eigenvalue weighted by Gasteiger charge is -1.98. The maximum Gasteiger partial charge on any atom is 0.420 e. The van der Waals surface area contributed by atoms with Crippen LogP contribution in [0.2, 0.25) is 0 Å². The number of fused-ring (bicyclic) bond motifs is 1. The van der Waals surface area contributed by atoms with Crippen molar-refractivity contribution in [2.45, 2.75) is 18.6 Å². The Labute approximate surface area is 103 Å². The van der Waals surface area contributed by atoms with E-state index >= 15 is 0 Å². The Hall–Kier alpha value is -1.47. The van der Waals surface area contributed by atoms with Crippen molar-refractivity contribution in [3.05, 3.63) is 37.7 Å². The first-order chi connectivity index (χ1) is 8.15. The molecule has 0 fully saturated rings. The molecule has 1 aliphatic heterocycles. The predicted molar refractivity (Wildman–Crippen MR) is 64.4 cm³/mol. The van der Waals surface area contributed by atoms with Gasteiger partial charge in [0.25, 0.3) is 0 Å². The van der Waals surface area contributed by atoms with E-state index in [1.54, 1.807) is 6.08 Å². The molecular weight excluding hydrogens is 260 g/mol. The van der Waals surface area contributed by atoms with Gasteiger partial charge in [0.15, 0.2) is 0 Å². The van der Waals surface area contributed by atoms with Gasteiger partial charge in [-0.15, -0.1) is 11.3 Å². The summed E-state index contributed by atoms with van der Waals surface area (Å²) in [5.41, 5.74) is 1.39. The molecule has 3 rings (SSSR count). The van der Waals surface area contributed by atoms with E-state index < -0.39 is 16.6 Å². The van der Waals surface area contributed by atoms with Crippen LogP contribution in [-0.2, 0) is 17.3 Å². The fourth-order valence-corrected chi connectivity index (χ4v) is 3.20. The largest absolute Gasteiger partial charge is 0.420 e. The number of hydrogen-bond acceptors (Lipinski definition) is 5. The third-order valence-electron chi connectivity index (χ3n) is 2.42.